The van der Waals surface area contributed by atoms with E-state index in [4.69, 9.17) is 21.7 Å². The molecule has 0 aliphatic carbocycles. The summed E-state index contributed by atoms with van der Waals surface area (Å²) in [7, 11) is 0. The highest BCUT2D eigenvalue weighted by Crippen LogP contribution is 2.35. The third-order valence-corrected chi connectivity index (χ3v) is 6.01. The fourth-order valence-corrected chi connectivity index (χ4v) is 4.36. The summed E-state index contributed by atoms with van der Waals surface area (Å²) in [5.41, 5.74) is 1.88. The maximum absolute atomic E-state index is 12.6. The summed E-state index contributed by atoms with van der Waals surface area (Å²) in [4.78, 5) is 14.7. The summed E-state index contributed by atoms with van der Waals surface area (Å²) in [5.74, 6) is 1.40. The van der Waals surface area contributed by atoms with Crippen LogP contribution < -0.4 is 9.47 Å². The van der Waals surface area contributed by atoms with Crippen molar-refractivity contribution in [1.82, 2.24) is 4.90 Å². The molecule has 1 amide bonds. The molecule has 0 bridgehead atoms. The quantitative estimate of drug-likeness (QED) is 0.208. The lowest BCUT2D eigenvalue weighted by Crippen LogP contribution is -2.27. The number of halogens is 1. The van der Waals surface area contributed by atoms with E-state index in [9.17, 15) is 4.79 Å². The highest BCUT2D eigenvalue weighted by atomic mass is 79.9. The van der Waals surface area contributed by atoms with Crippen molar-refractivity contribution in [1.29, 1.82) is 0 Å². The molecule has 0 saturated carbocycles. The summed E-state index contributed by atoms with van der Waals surface area (Å²) in [5, 5.41) is 0. The van der Waals surface area contributed by atoms with Gasteiger partial charge in [0.25, 0.3) is 5.91 Å². The monoisotopic (exact) mass is 489 g/mol. The molecular weight excluding hydrogens is 470 g/mol. The van der Waals surface area contributed by atoms with Crippen molar-refractivity contribution in [2.24, 2.45) is 0 Å². The second-order valence-electron chi connectivity index (χ2n) is 6.23. The number of carbonyl (C=O) groups excluding carboxylic acids is 1. The lowest BCUT2D eigenvalue weighted by atomic mass is 10.2. The molecule has 0 N–H and O–H groups in total. The van der Waals surface area contributed by atoms with Crippen LogP contribution in [0.4, 0.5) is 0 Å². The van der Waals surface area contributed by atoms with E-state index in [-0.39, 0.29) is 5.91 Å². The molecule has 29 heavy (non-hydrogen) atoms. The number of ether oxygens (including phenoxy) is 2. The third kappa shape index (κ3) is 5.50. The van der Waals surface area contributed by atoms with Crippen LogP contribution in [0.25, 0.3) is 6.08 Å². The average molecular weight is 490 g/mol. The number of thiocarbonyl (C=S) groups is 1. The zero-order valence-electron chi connectivity index (χ0n) is 15.9. The number of benzene rings is 2. The molecule has 0 unspecified atom stereocenters. The standard InChI is InChI=1S/C22H20BrNO3S2/c1-3-10-24-21(25)20(29-22(24)28)14-16-13-17(23)8-9-19(16)27-12-11-26-18-7-5-4-6-15(18)2/h3-9,13-14H,1,10-12H2,2H3/b20-14-. The van der Waals surface area contributed by atoms with E-state index in [1.165, 1.54) is 16.7 Å². The first kappa shape index (κ1) is 21.6. The van der Waals surface area contributed by atoms with Crippen molar-refractivity contribution in [2.45, 2.75) is 6.92 Å². The topological polar surface area (TPSA) is 38.8 Å². The van der Waals surface area contributed by atoms with Crippen molar-refractivity contribution in [3.05, 3.63) is 75.6 Å². The van der Waals surface area contributed by atoms with Crippen molar-refractivity contribution < 1.29 is 14.3 Å². The van der Waals surface area contributed by atoms with E-state index < -0.39 is 0 Å². The van der Waals surface area contributed by atoms with Crippen LogP contribution in [-0.4, -0.2) is 34.9 Å². The van der Waals surface area contributed by atoms with Gasteiger partial charge in [-0.15, -0.1) is 6.58 Å². The minimum Gasteiger partial charge on any atom is -0.490 e. The highest BCUT2D eigenvalue weighted by molar-refractivity contribution is 9.10. The first-order valence-corrected chi connectivity index (χ1v) is 11.0. The van der Waals surface area contributed by atoms with Crippen LogP contribution in [0.3, 0.4) is 0 Å². The molecular formula is C22H20BrNO3S2. The molecule has 2 aromatic carbocycles. The van der Waals surface area contributed by atoms with Gasteiger partial charge in [-0.2, -0.15) is 0 Å². The molecule has 0 atom stereocenters. The number of amides is 1. The molecule has 3 rings (SSSR count). The van der Waals surface area contributed by atoms with Crippen LogP contribution in [-0.2, 0) is 4.79 Å². The number of aryl methyl sites for hydroxylation is 1. The van der Waals surface area contributed by atoms with Crippen molar-refractivity contribution in [3.63, 3.8) is 0 Å². The first-order chi connectivity index (χ1) is 14.0. The van der Waals surface area contributed by atoms with Gasteiger partial charge in [0.15, 0.2) is 0 Å². The van der Waals surface area contributed by atoms with Crippen LogP contribution >= 0.6 is 39.9 Å². The molecule has 0 aromatic heterocycles. The molecule has 4 nitrogen and oxygen atoms in total. The molecule has 150 valence electrons. The van der Waals surface area contributed by atoms with Gasteiger partial charge in [-0.25, -0.2) is 0 Å². The predicted molar refractivity (Wildman–Crippen MR) is 126 cm³/mol. The Hall–Kier alpha value is -2.09. The molecule has 2 aromatic rings. The Morgan fingerprint density at radius 2 is 1.90 bits per heavy atom. The van der Waals surface area contributed by atoms with Gasteiger partial charge in [0.1, 0.15) is 29.0 Å². The van der Waals surface area contributed by atoms with E-state index in [1.54, 1.807) is 6.08 Å². The van der Waals surface area contributed by atoms with Crippen molar-refractivity contribution in [2.75, 3.05) is 19.8 Å². The summed E-state index contributed by atoms with van der Waals surface area (Å²) in [6.45, 7) is 6.89. The van der Waals surface area contributed by atoms with E-state index in [0.29, 0.717) is 34.7 Å². The smallest absolute Gasteiger partial charge is 0.266 e. The Labute approximate surface area is 188 Å². The van der Waals surface area contributed by atoms with E-state index in [2.05, 4.69) is 22.5 Å². The minimum absolute atomic E-state index is 0.117. The summed E-state index contributed by atoms with van der Waals surface area (Å²) in [6.07, 6.45) is 3.47. The Bertz CT molecular complexity index is 974. The van der Waals surface area contributed by atoms with Crippen molar-refractivity contribution >= 4 is 56.2 Å². The van der Waals surface area contributed by atoms with E-state index >= 15 is 0 Å². The molecule has 1 saturated heterocycles. The van der Waals surface area contributed by atoms with E-state index in [1.807, 2.05) is 55.5 Å². The third-order valence-electron chi connectivity index (χ3n) is 4.14. The molecule has 1 heterocycles. The predicted octanol–water partition coefficient (Wildman–Crippen LogP) is 5.60. The number of rotatable bonds is 8. The molecule has 1 aliphatic rings. The van der Waals surface area contributed by atoms with Gasteiger partial charge in [-0.3, -0.25) is 9.69 Å². The second-order valence-corrected chi connectivity index (χ2v) is 8.82. The average Bonchev–Trinajstić information content (AvgIpc) is 2.95. The van der Waals surface area contributed by atoms with Gasteiger partial charge in [-0.1, -0.05) is 64.2 Å². The normalized spacial score (nSPS) is 15.1. The van der Waals surface area contributed by atoms with Gasteiger partial charge in [0, 0.05) is 16.6 Å². The number of thioether (sulfide) groups is 1. The fraction of sp³-hybridized carbons (Fsp3) is 0.182. The maximum atomic E-state index is 12.6. The highest BCUT2D eigenvalue weighted by Gasteiger charge is 2.31. The second kappa shape index (κ2) is 10.1. The number of hydrogen-bond acceptors (Lipinski definition) is 5. The van der Waals surface area contributed by atoms with Gasteiger partial charge in [-0.05, 0) is 42.8 Å². The first-order valence-electron chi connectivity index (χ1n) is 8.96. The number of carbonyl (C=O) groups is 1. The zero-order valence-corrected chi connectivity index (χ0v) is 19.1. The van der Waals surface area contributed by atoms with Crippen LogP contribution in [0, 0.1) is 6.92 Å². The maximum Gasteiger partial charge on any atom is 0.266 e. The summed E-state index contributed by atoms with van der Waals surface area (Å²) in [6, 6.07) is 13.5. The van der Waals surface area contributed by atoms with Crippen LogP contribution in [0.1, 0.15) is 11.1 Å². The largest absolute Gasteiger partial charge is 0.490 e. The van der Waals surface area contributed by atoms with Gasteiger partial charge >= 0.3 is 0 Å². The van der Waals surface area contributed by atoms with Crippen LogP contribution in [0.2, 0.25) is 0 Å². The van der Waals surface area contributed by atoms with Gasteiger partial charge in [0.2, 0.25) is 0 Å². The molecule has 7 heteroatoms. The fourth-order valence-electron chi connectivity index (χ4n) is 2.71. The summed E-state index contributed by atoms with van der Waals surface area (Å²) < 4.78 is 13.1. The number of nitrogens with zero attached hydrogens (tertiary/aromatic N) is 1. The van der Waals surface area contributed by atoms with Crippen molar-refractivity contribution in [3.8, 4) is 11.5 Å². The SMILES string of the molecule is C=CCN1C(=O)/C(=C/c2cc(Br)ccc2OCCOc2ccccc2C)SC1=S. The number of para-hydroxylation sites is 1. The van der Waals surface area contributed by atoms with Crippen LogP contribution in [0.5, 0.6) is 11.5 Å². The molecule has 1 fully saturated rings. The van der Waals surface area contributed by atoms with E-state index in [0.717, 1.165) is 21.3 Å². The Kier molecular flexibility index (Phi) is 7.52. The Balaban J connectivity index is 1.70. The lowest BCUT2D eigenvalue weighted by molar-refractivity contribution is -0.121. The summed E-state index contributed by atoms with van der Waals surface area (Å²) >= 11 is 10.1. The minimum atomic E-state index is -0.117. The molecule has 0 radical (unpaired) electrons. The van der Waals surface area contributed by atoms with Crippen LogP contribution in [0.15, 0.2) is 64.5 Å². The molecule has 0 spiro atoms. The lowest BCUT2D eigenvalue weighted by Gasteiger charge is -2.12. The Morgan fingerprint density at radius 1 is 1.17 bits per heavy atom. The zero-order chi connectivity index (χ0) is 20.8. The molecule has 1 aliphatic heterocycles. The Morgan fingerprint density at radius 3 is 2.62 bits per heavy atom. The number of hydrogen-bond donors (Lipinski definition) is 0. The van der Waals surface area contributed by atoms with Gasteiger partial charge in [0.05, 0.1) is 4.91 Å². The van der Waals surface area contributed by atoms with Gasteiger partial charge < -0.3 is 9.47 Å².